The van der Waals surface area contributed by atoms with Crippen LogP contribution in [0, 0.1) is 23.4 Å². The van der Waals surface area contributed by atoms with E-state index in [0.29, 0.717) is 23.5 Å². The van der Waals surface area contributed by atoms with Gasteiger partial charge in [-0.3, -0.25) is 0 Å². The predicted octanol–water partition coefficient (Wildman–Crippen LogP) is 7.53. The standard InChI is InChI=1S/C25H31F3/c1-3-5-21-13-10-18(16-23(21)26)7-6-17-8-11-20(12-9-17)22-15-14-19(4-2)24(27)25(22)28/h10,13-17,20H,3-9,11-12H2,1-2H3. The molecule has 0 unspecified atom stereocenters. The maximum absolute atomic E-state index is 14.4. The molecule has 0 spiro atoms. The highest BCUT2D eigenvalue weighted by Gasteiger charge is 2.26. The van der Waals surface area contributed by atoms with E-state index in [4.69, 9.17) is 0 Å². The Hall–Kier alpha value is -1.77. The number of benzene rings is 2. The molecule has 3 rings (SSSR count). The van der Waals surface area contributed by atoms with Crippen molar-refractivity contribution in [2.75, 3.05) is 0 Å². The molecule has 2 aromatic carbocycles. The minimum atomic E-state index is -0.671. The monoisotopic (exact) mass is 388 g/mol. The molecule has 0 aromatic heterocycles. The maximum atomic E-state index is 14.4. The van der Waals surface area contributed by atoms with E-state index in [2.05, 4.69) is 6.92 Å². The minimum Gasteiger partial charge on any atom is -0.207 e. The van der Waals surface area contributed by atoms with Crippen molar-refractivity contribution in [1.82, 2.24) is 0 Å². The van der Waals surface area contributed by atoms with Gasteiger partial charge in [0.15, 0.2) is 11.6 Å². The molecular formula is C25H31F3. The van der Waals surface area contributed by atoms with Crippen molar-refractivity contribution in [3.63, 3.8) is 0 Å². The zero-order valence-electron chi connectivity index (χ0n) is 17.0. The van der Waals surface area contributed by atoms with Gasteiger partial charge in [0.1, 0.15) is 5.82 Å². The molecule has 1 saturated carbocycles. The minimum absolute atomic E-state index is 0.0870. The summed E-state index contributed by atoms with van der Waals surface area (Å²) in [6.07, 6.45) is 8.01. The molecule has 0 aliphatic heterocycles. The van der Waals surface area contributed by atoms with E-state index < -0.39 is 11.6 Å². The first-order chi connectivity index (χ1) is 13.5. The highest BCUT2D eigenvalue weighted by Crippen LogP contribution is 2.39. The fourth-order valence-electron chi connectivity index (χ4n) is 4.54. The van der Waals surface area contributed by atoms with Crippen LogP contribution >= 0.6 is 0 Å². The average molecular weight is 389 g/mol. The number of rotatable bonds is 7. The summed E-state index contributed by atoms with van der Waals surface area (Å²) in [5, 5.41) is 0. The second kappa shape index (κ2) is 9.62. The van der Waals surface area contributed by atoms with Gasteiger partial charge in [0.2, 0.25) is 0 Å². The molecule has 1 aliphatic rings. The van der Waals surface area contributed by atoms with Crippen LogP contribution in [0.25, 0.3) is 0 Å². The summed E-state index contributed by atoms with van der Waals surface area (Å²) in [5.41, 5.74) is 2.85. The number of aryl methyl sites for hydroxylation is 3. The second-order valence-electron chi connectivity index (χ2n) is 8.23. The van der Waals surface area contributed by atoms with Crippen molar-refractivity contribution >= 4 is 0 Å². The summed E-state index contributed by atoms with van der Waals surface area (Å²) >= 11 is 0. The Labute approximate surface area is 167 Å². The van der Waals surface area contributed by atoms with Crippen molar-refractivity contribution in [3.05, 3.63) is 70.0 Å². The van der Waals surface area contributed by atoms with Crippen molar-refractivity contribution in [2.24, 2.45) is 5.92 Å². The molecule has 0 N–H and O–H groups in total. The van der Waals surface area contributed by atoms with Crippen LogP contribution in [0.1, 0.15) is 80.5 Å². The molecule has 1 fully saturated rings. The molecule has 0 nitrogen and oxygen atoms in total. The van der Waals surface area contributed by atoms with Crippen LogP contribution in [0.2, 0.25) is 0 Å². The fraction of sp³-hybridized carbons (Fsp3) is 0.520. The molecule has 0 bridgehead atoms. The third-order valence-corrected chi connectivity index (χ3v) is 6.34. The molecule has 0 heterocycles. The van der Waals surface area contributed by atoms with E-state index in [1.165, 1.54) is 0 Å². The summed E-state index contributed by atoms with van der Waals surface area (Å²) in [4.78, 5) is 0. The van der Waals surface area contributed by atoms with Gasteiger partial charge in [0, 0.05) is 0 Å². The summed E-state index contributed by atoms with van der Waals surface area (Å²) in [6.45, 7) is 3.90. The van der Waals surface area contributed by atoms with Gasteiger partial charge in [-0.05, 0) is 91.5 Å². The Kier molecular flexibility index (Phi) is 7.20. The molecule has 2 aromatic rings. The Morgan fingerprint density at radius 3 is 2.18 bits per heavy atom. The summed E-state index contributed by atoms with van der Waals surface area (Å²) in [7, 11) is 0. The van der Waals surface area contributed by atoms with E-state index in [-0.39, 0.29) is 11.7 Å². The first kappa shape index (κ1) is 21.0. The van der Waals surface area contributed by atoms with Crippen LogP contribution < -0.4 is 0 Å². The normalized spacial score (nSPS) is 19.8. The summed E-state index contributed by atoms with van der Waals surface area (Å²) in [6, 6.07) is 9.17. The molecule has 3 heteroatoms. The van der Waals surface area contributed by atoms with E-state index in [9.17, 15) is 13.2 Å². The van der Waals surface area contributed by atoms with E-state index in [1.54, 1.807) is 18.2 Å². The highest BCUT2D eigenvalue weighted by molar-refractivity contribution is 5.29. The first-order valence-electron chi connectivity index (χ1n) is 10.8. The molecule has 0 amide bonds. The lowest BCUT2D eigenvalue weighted by molar-refractivity contribution is 0.304. The molecule has 152 valence electrons. The fourth-order valence-corrected chi connectivity index (χ4v) is 4.54. The van der Waals surface area contributed by atoms with Gasteiger partial charge in [0.05, 0.1) is 0 Å². The van der Waals surface area contributed by atoms with Crippen LogP contribution in [0.5, 0.6) is 0 Å². The smallest absolute Gasteiger partial charge is 0.162 e. The third kappa shape index (κ3) is 4.79. The van der Waals surface area contributed by atoms with Gasteiger partial charge in [-0.15, -0.1) is 0 Å². The zero-order chi connectivity index (χ0) is 20.1. The zero-order valence-corrected chi connectivity index (χ0v) is 17.0. The molecule has 0 atom stereocenters. The second-order valence-corrected chi connectivity index (χ2v) is 8.23. The summed E-state index contributed by atoms with van der Waals surface area (Å²) < 4.78 is 42.6. The van der Waals surface area contributed by atoms with Crippen LogP contribution in [0.4, 0.5) is 13.2 Å². The largest absolute Gasteiger partial charge is 0.207 e. The molecular weight excluding hydrogens is 357 g/mol. The van der Waals surface area contributed by atoms with E-state index in [0.717, 1.165) is 62.5 Å². The highest BCUT2D eigenvalue weighted by atomic mass is 19.2. The molecule has 0 radical (unpaired) electrons. The van der Waals surface area contributed by atoms with Crippen LogP contribution in [0.3, 0.4) is 0 Å². The lowest BCUT2D eigenvalue weighted by Crippen LogP contribution is -2.16. The topological polar surface area (TPSA) is 0 Å². The molecule has 0 saturated heterocycles. The number of hydrogen-bond acceptors (Lipinski definition) is 0. The Bertz CT molecular complexity index is 789. The van der Waals surface area contributed by atoms with Crippen molar-refractivity contribution < 1.29 is 13.2 Å². The first-order valence-corrected chi connectivity index (χ1v) is 10.8. The SMILES string of the molecule is CCCc1ccc(CCC2CCC(c3ccc(CC)c(F)c3F)CC2)cc1F. The average Bonchev–Trinajstić information content (AvgIpc) is 2.71. The predicted molar refractivity (Wildman–Crippen MR) is 109 cm³/mol. The van der Waals surface area contributed by atoms with E-state index in [1.807, 2.05) is 19.1 Å². The van der Waals surface area contributed by atoms with Gasteiger partial charge in [-0.25, -0.2) is 13.2 Å². The number of hydrogen-bond donors (Lipinski definition) is 0. The molecule has 28 heavy (non-hydrogen) atoms. The number of halogens is 3. The quantitative estimate of drug-likeness (QED) is 0.460. The van der Waals surface area contributed by atoms with Gasteiger partial charge < -0.3 is 0 Å². The lowest BCUT2D eigenvalue weighted by Gasteiger charge is -2.29. The van der Waals surface area contributed by atoms with Crippen LogP contribution in [-0.4, -0.2) is 0 Å². The third-order valence-electron chi connectivity index (χ3n) is 6.34. The Balaban J connectivity index is 1.53. The van der Waals surface area contributed by atoms with Crippen LogP contribution in [-0.2, 0) is 19.3 Å². The van der Waals surface area contributed by atoms with Gasteiger partial charge in [0.25, 0.3) is 0 Å². The summed E-state index contributed by atoms with van der Waals surface area (Å²) in [5.74, 6) is -0.711. The van der Waals surface area contributed by atoms with Crippen molar-refractivity contribution in [3.8, 4) is 0 Å². The Morgan fingerprint density at radius 1 is 0.821 bits per heavy atom. The van der Waals surface area contributed by atoms with Gasteiger partial charge >= 0.3 is 0 Å². The maximum Gasteiger partial charge on any atom is 0.162 e. The van der Waals surface area contributed by atoms with Crippen molar-refractivity contribution in [2.45, 2.75) is 77.6 Å². The van der Waals surface area contributed by atoms with Gasteiger partial charge in [-0.1, -0.05) is 44.5 Å². The lowest BCUT2D eigenvalue weighted by atomic mass is 9.76. The van der Waals surface area contributed by atoms with Crippen LogP contribution in [0.15, 0.2) is 30.3 Å². The molecule has 1 aliphatic carbocycles. The van der Waals surface area contributed by atoms with Crippen molar-refractivity contribution in [1.29, 1.82) is 0 Å². The Morgan fingerprint density at radius 2 is 1.54 bits per heavy atom. The van der Waals surface area contributed by atoms with Gasteiger partial charge in [-0.2, -0.15) is 0 Å². The van der Waals surface area contributed by atoms with E-state index >= 15 is 0 Å².